The molecule has 2 aromatic rings. The van der Waals surface area contributed by atoms with Crippen LogP contribution in [-0.4, -0.2) is 54.0 Å². The Kier molecular flexibility index (Phi) is 4.66. The van der Waals surface area contributed by atoms with Crippen LogP contribution in [0, 0.1) is 0 Å². The molecule has 1 aliphatic heterocycles. The molecule has 1 N–H and O–H groups in total. The number of nitrogens with zero attached hydrogens (tertiary/aromatic N) is 4. The van der Waals surface area contributed by atoms with Crippen LogP contribution in [0.25, 0.3) is 0 Å². The zero-order valence-electron chi connectivity index (χ0n) is 12.8. The van der Waals surface area contributed by atoms with Crippen LogP contribution in [0.2, 0.25) is 5.22 Å². The van der Waals surface area contributed by atoms with Crippen LogP contribution in [0.1, 0.15) is 17.0 Å². The Bertz CT molecular complexity index is 690. The highest BCUT2D eigenvalue weighted by molar-refractivity contribution is 6.29. The number of rotatable bonds is 3. The Hall–Kier alpha value is -2.28. The molecule has 8 heteroatoms. The Morgan fingerprint density at radius 2 is 2.13 bits per heavy atom. The van der Waals surface area contributed by atoms with Gasteiger partial charge in [-0.05, 0) is 36.2 Å². The van der Waals surface area contributed by atoms with E-state index >= 15 is 0 Å². The highest BCUT2D eigenvalue weighted by Crippen LogP contribution is 2.18. The van der Waals surface area contributed by atoms with Gasteiger partial charge in [0, 0.05) is 39.4 Å². The first kappa shape index (κ1) is 15.6. The molecule has 0 unspecified atom stereocenters. The van der Waals surface area contributed by atoms with E-state index in [2.05, 4.69) is 20.2 Å². The normalized spacial score (nSPS) is 15.4. The number of nitrogens with one attached hydrogen (secondary N) is 1. The predicted molar refractivity (Wildman–Crippen MR) is 88.0 cm³/mol. The van der Waals surface area contributed by atoms with Crippen molar-refractivity contribution in [3.8, 4) is 0 Å². The number of hydrogen-bond acceptors (Lipinski definition) is 6. The van der Waals surface area contributed by atoms with Gasteiger partial charge in [0.2, 0.25) is 5.95 Å². The number of anilines is 2. The maximum absolute atomic E-state index is 12.4. The highest BCUT2D eigenvalue weighted by atomic mass is 35.5. The molecular weight excluding hydrogens is 318 g/mol. The van der Waals surface area contributed by atoms with Crippen LogP contribution in [-0.2, 0) is 0 Å². The molecule has 0 bridgehead atoms. The summed E-state index contributed by atoms with van der Waals surface area (Å²) < 4.78 is 5.21. The molecule has 1 saturated heterocycles. The molecule has 1 aliphatic rings. The quantitative estimate of drug-likeness (QED) is 0.926. The molecule has 0 aromatic carbocycles. The fraction of sp³-hybridized carbons (Fsp3) is 0.400. The number of aromatic nitrogens is 2. The smallest absolute Gasteiger partial charge is 0.289 e. The summed E-state index contributed by atoms with van der Waals surface area (Å²) in [5, 5.41) is 3.23. The van der Waals surface area contributed by atoms with Gasteiger partial charge < -0.3 is 19.5 Å². The third-order valence-corrected chi connectivity index (χ3v) is 3.95. The topological polar surface area (TPSA) is 74.5 Å². The molecule has 0 radical (unpaired) electrons. The van der Waals surface area contributed by atoms with Crippen molar-refractivity contribution in [1.82, 2.24) is 14.9 Å². The van der Waals surface area contributed by atoms with Gasteiger partial charge in [0.15, 0.2) is 11.0 Å². The van der Waals surface area contributed by atoms with Gasteiger partial charge >= 0.3 is 0 Å². The van der Waals surface area contributed by atoms with Crippen LogP contribution in [0.4, 0.5) is 11.8 Å². The number of halogens is 1. The van der Waals surface area contributed by atoms with Gasteiger partial charge in [-0.15, -0.1) is 0 Å². The summed E-state index contributed by atoms with van der Waals surface area (Å²) in [6.45, 7) is 2.73. The summed E-state index contributed by atoms with van der Waals surface area (Å²) in [4.78, 5) is 25.1. The molecule has 1 fully saturated rings. The summed E-state index contributed by atoms with van der Waals surface area (Å²) in [6.07, 6.45) is 2.57. The molecular formula is C15H18ClN5O2. The molecule has 0 aliphatic carbocycles. The van der Waals surface area contributed by atoms with Crippen molar-refractivity contribution in [2.24, 2.45) is 0 Å². The second-order valence-corrected chi connectivity index (χ2v) is 5.60. The first-order valence-electron chi connectivity index (χ1n) is 7.48. The fourth-order valence-corrected chi connectivity index (χ4v) is 2.69. The number of amides is 1. The molecule has 0 atom stereocenters. The zero-order chi connectivity index (χ0) is 16.2. The van der Waals surface area contributed by atoms with Gasteiger partial charge in [-0.1, -0.05) is 0 Å². The second kappa shape index (κ2) is 6.87. The first-order chi connectivity index (χ1) is 11.2. The van der Waals surface area contributed by atoms with Gasteiger partial charge in [0.05, 0.1) is 0 Å². The molecule has 0 spiro atoms. The van der Waals surface area contributed by atoms with Crippen molar-refractivity contribution in [3.63, 3.8) is 0 Å². The molecule has 0 saturated carbocycles. The lowest BCUT2D eigenvalue weighted by Crippen LogP contribution is -2.35. The van der Waals surface area contributed by atoms with E-state index in [9.17, 15) is 4.79 Å². The van der Waals surface area contributed by atoms with E-state index in [1.54, 1.807) is 23.2 Å². The van der Waals surface area contributed by atoms with E-state index in [4.69, 9.17) is 16.0 Å². The maximum Gasteiger partial charge on any atom is 0.289 e. The second-order valence-electron chi connectivity index (χ2n) is 5.23. The van der Waals surface area contributed by atoms with E-state index in [-0.39, 0.29) is 16.9 Å². The van der Waals surface area contributed by atoms with Crippen molar-refractivity contribution >= 4 is 29.3 Å². The summed E-state index contributed by atoms with van der Waals surface area (Å²) >= 11 is 5.74. The van der Waals surface area contributed by atoms with Crippen LogP contribution in [0.3, 0.4) is 0 Å². The minimum atomic E-state index is -0.136. The Morgan fingerprint density at radius 1 is 1.26 bits per heavy atom. The van der Waals surface area contributed by atoms with Crippen LogP contribution < -0.4 is 10.2 Å². The first-order valence-corrected chi connectivity index (χ1v) is 7.85. The SMILES string of the molecule is CNc1ccnc(N2CCCN(C(=O)c3ccc(Cl)o3)CC2)n1. The largest absolute Gasteiger partial charge is 0.440 e. The highest BCUT2D eigenvalue weighted by Gasteiger charge is 2.23. The van der Waals surface area contributed by atoms with Crippen LogP contribution >= 0.6 is 11.6 Å². The minimum Gasteiger partial charge on any atom is -0.440 e. The van der Waals surface area contributed by atoms with E-state index in [1.807, 2.05) is 13.1 Å². The summed E-state index contributed by atoms with van der Waals surface area (Å²) in [7, 11) is 1.82. The Morgan fingerprint density at radius 3 is 2.87 bits per heavy atom. The molecule has 7 nitrogen and oxygen atoms in total. The third kappa shape index (κ3) is 3.56. The minimum absolute atomic E-state index is 0.136. The van der Waals surface area contributed by atoms with Crippen molar-refractivity contribution in [2.45, 2.75) is 6.42 Å². The van der Waals surface area contributed by atoms with E-state index in [1.165, 1.54) is 0 Å². The summed E-state index contributed by atoms with van der Waals surface area (Å²) in [6, 6.07) is 5.00. The summed E-state index contributed by atoms with van der Waals surface area (Å²) in [5.74, 6) is 1.59. The molecule has 1 amide bonds. The standard InChI is InChI=1S/C15H18ClN5O2/c1-17-13-5-6-18-15(19-13)21-8-2-7-20(9-10-21)14(22)11-3-4-12(16)23-11/h3-6H,2,7-10H2,1H3,(H,17,18,19). The van der Waals surface area contributed by atoms with Crippen molar-refractivity contribution < 1.29 is 9.21 Å². The summed E-state index contributed by atoms with van der Waals surface area (Å²) in [5.41, 5.74) is 0. The van der Waals surface area contributed by atoms with Gasteiger partial charge in [-0.2, -0.15) is 4.98 Å². The third-order valence-electron chi connectivity index (χ3n) is 3.75. The average molecular weight is 336 g/mol. The van der Waals surface area contributed by atoms with E-state index < -0.39 is 0 Å². The van der Waals surface area contributed by atoms with Gasteiger partial charge in [0.1, 0.15) is 5.82 Å². The van der Waals surface area contributed by atoms with Crippen molar-refractivity contribution in [2.75, 3.05) is 43.4 Å². The van der Waals surface area contributed by atoms with Crippen molar-refractivity contribution in [1.29, 1.82) is 0 Å². The number of hydrogen-bond donors (Lipinski definition) is 1. The molecule has 122 valence electrons. The van der Waals surface area contributed by atoms with E-state index in [0.29, 0.717) is 25.6 Å². The van der Waals surface area contributed by atoms with Crippen LogP contribution in [0.15, 0.2) is 28.8 Å². The van der Waals surface area contributed by atoms with Gasteiger partial charge in [0.25, 0.3) is 5.91 Å². The lowest BCUT2D eigenvalue weighted by molar-refractivity contribution is 0.0735. The number of carbonyl (C=O) groups excluding carboxylic acids is 1. The molecule has 2 aromatic heterocycles. The Balaban J connectivity index is 1.68. The number of furan rings is 1. The average Bonchev–Trinajstić information content (AvgIpc) is 2.86. The predicted octanol–water partition coefficient (Wildman–Crippen LogP) is 2.12. The molecule has 3 rings (SSSR count). The Labute approximate surface area is 139 Å². The lowest BCUT2D eigenvalue weighted by atomic mass is 10.3. The lowest BCUT2D eigenvalue weighted by Gasteiger charge is -2.21. The van der Waals surface area contributed by atoms with Gasteiger partial charge in [-0.25, -0.2) is 4.98 Å². The van der Waals surface area contributed by atoms with Crippen LogP contribution in [0.5, 0.6) is 0 Å². The van der Waals surface area contributed by atoms with Crippen molar-refractivity contribution in [3.05, 3.63) is 35.4 Å². The number of carbonyl (C=O) groups is 1. The monoisotopic (exact) mass is 335 g/mol. The maximum atomic E-state index is 12.4. The molecule has 23 heavy (non-hydrogen) atoms. The fourth-order valence-electron chi connectivity index (χ4n) is 2.55. The zero-order valence-corrected chi connectivity index (χ0v) is 13.6. The van der Waals surface area contributed by atoms with Gasteiger partial charge in [-0.3, -0.25) is 4.79 Å². The van der Waals surface area contributed by atoms with E-state index in [0.717, 1.165) is 18.8 Å². The molecule has 3 heterocycles.